The van der Waals surface area contributed by atoms with Crippen LogP contribution in [0.3, 0.4) is 0 Å². The van der Waals surface area contributed by atoms with Gasteiger partial charge in [0, 0.05) is 22.0 Å². The Morgan fingerprint density at radius 3 is 2.32 bits per heavy atom. The molecule has 1 N–H and O–H groups in total. The fourth-order valence-corrected chi connectivity index (χ4v) is 2.44. The van der Waals surface area contributed by atoms with Crippen LogP contribution in [0.5, 0.6) is 0 Å². The van der Waals surface area contributed by atoms with Crippen LogP contribution < -0.4 is 0 Å². The summed E-state index contributed by atoms with van der Waals surface area (Å²) in [6, 6.07) is 8.65. The number of rotatable bonds is 3. The minimum Gasteiger partial charge on any atom is -0.388 e. The second kappa shape index (κ2) is 5.99. The summed E-state index contributed by atoms with van der Waals surface area (Å²) >= 11 is 9.28. The Balaban J connectivity index is 2.31. The fourth-order valence-electron chi connectivity index (χ4n) is 1.81. The monoisotopic (exact) mass is 346 g/mol. The van der Waals surface area contributed by atoms with Crippen molar-refractivity contribution in [2.75, 3.05) is 0 Å². The molecule has 0 aliphatic carbocycles. The zero-order chi connectivity index (χ0) is 14.0. The van der Waals surface area contributed by atoms with Crippen molar-refractivity contribution in [2.24, 2.45) is 0 Å². The summed E-state index contributed by atoms with van der Waals surface area (Å²) in [5.41, 5.74) is 0.282. The molecule has 19 heavy (non-hydrogen) atoms. The van der Waals surface area contributed by atoms with Gasteiger partial charge >= 0.3 is 0 Å². The molecule has 2 aromatic rings. The summed E-state index contributed by atoms with van der Waals surface area (Å²) in [5.74, 6) is -1.35. The van der Waals surface area contributed by atoms with E-state index in [-0.39, 0.29) is 12.0 Å². The highest BCUT2D eigenvalue weighted by molar-refractivity contribution is 9.10. The molecule has 0 spiro atoms. The van der Waals surface area contributed by atoms with E-state index < -0.39 is 17.7 Å². The number of aliphatic hydroxyl groups is 1. The van der Waals surface area contributed by atoms with Gasteiger partial charge in [-0.15, -0.1) is 0 Å². The second-order valence-electron chi connectivity index (χ2n) is 4.06. The third-order valence-corrected chi connectivity index (χ3v) is 4.11. The Morgan fingerprint density at radius 2 is 1.68 bits per heavy atom. The minimum atomic E-state index is -1.07. The average molecular weight is 348 g/mol. The Morgan fingerprint density at radius 1 is 1.11 bits per heavy atom. The van der Waals surface area contributed by atoms with Gasteiger partial charge < -0.3 is 5.11 Å². The van der Waals surface area contributed by atoms with Crippen molar-refractivity contribution in [3.63, 3.8) is 0 Å². The van der Waals surface area contributed by atoms with Crippen molar-refractivity contribution in [1.82, 2.24) is 0 Å². The van der Waals surface area contributed by atoms with E-state index in [4.69, 9.17) is 11.6 Å². The molecular formula is C14H10BrClF2O. The van der Waals surface area contributed by atoms with Crippen molar-refractivity contribution < 1.29 is 13.9 Å². The van der Waals surface area contributed by atoms with Crippen LogP contribution in [0.15, 0.2) is 40.9 Å². The zero-order valence-electron chi connectivity index (χ0n) is 9.71. The van der Waals surface area contributed by atoms with E-state index >= 15 is 0 Å². The molecule has 0 bridgehead atoms. The molecule has 0 saturated carbocycles. The Kier molecular flexibility index (Phi) is 4.55. The van der Waals surface area contributed by atoms with Crippen molar-refractivity contribution in [1.29, 1.82) is 0 Å². The van der Waals surface area contributed by atoms with Crippen molar-refractivity contribution in [2.45, 2.75) is 12.5 Å². The third-order valence-electron chi connectivity index (χ3n) is 2.80. The van der Waals surface area contributed by atoms with Crippen LogP contribution in [0.4, 0.5) is 8.78 Å². The van der Waals surface area contributed by atoms with Gasteiger partial charge in [0.2, 0.25) is 0 Å². The molecule has 100 valence electrons. The van der Waals surface area contributed by atoms with Gasteiger partial charge in [-0.2, -0.15) is 0 Å². The molecule has 5 heteroatoms. The molecule has 0 aliphatic rings. The van der Waals surface area contributed by atoms with E-state index in [1.54, 1.807) is 18.2 Å². The van der Waals surface area contributed by atoms with Crippen molar-refractivity contribution in [3.8, 4) is 0 Å². The summed E-state index contributed by atoms with van der Waals surface area (Å²) in [6.07, 6.45) is -1.24. The third kappa shape index (κ3) is 3.14. The largest absolute Gasteiger partial charge is 0.388 e. The molecule has 0 aliphatic heterocycles. The zero-order valence-corrected chi connectivity index (χ0v) is 12.0. The molecule has 2 rings (SSSR count). The number of benzene rings is 2. The highest BCUT2D eigenvalue weighted by Gasteiger charge is 2.18. The number of aliphatic hydroxyl groups excluding tert-OH is 1. The maximum absolute atomic E-state index is 13.5. The fraction of sp³-hybridized carbons (Fsp3) is 0.143. The quantitative estimate of drug-likeness (QED) is 0.856. The number of halogens is 4. The van der Waals surface area contributed by atoms with E-state index in [9.17, 15) is 13.9 Å². The van der Waals surface area contributed by atoms with E-state index in [1.807, 2.05) is 0 Å². The summed E-state index contributed by atoms with van der Waals surface area (Å²) in [7, 11) is 0. The van der Waals surface area contributed by atoms with Crippen LogP contribution in [0, 0.1) is 11.6 Å². The van der Waals surface area contributed by atoms with Crippen LogP contribution in [0.1, 0.15) is 17.2 Å². The predicted octanol–water partition coefficient (Wildman–Crippen LogP) is 4.66. The van der Waals surface area contributed by atoms with Gasteiger partial charge in [-0.1, -0.05) is 29.8 Å². The van der Waals surface area contributed by atoms with Crippen molar-refractivity contribution >= 4 is 27.5 Å². The molecule has 1 unspecified atom stereocenters. The number of hydrogen-bond donors (Lipinski definition) is 1. The molecule has 1 nitrogen and oxygen atoms in total. The van der Waals surface area contributed by atoms with Crippen LogP contribution in [-0.4, -0.2) is 5.11 Å². The first-order valence-corrected chi connectivity index (χ1v) is 6.72. The molecule has 0 heterocycles. The Hall–Kier alpha value is -0.970. The molecule has 0 saturated heterocycles. The summed E-state index contributed by atoms with van der Waals surface area (Å²) < 4.78 is 27.7. The molecular weight excluding hydrogens is 338 g/mol. The molecule has 0 aromatic heterocycles. The first-order valence-electron chi connectivity index (χ1n) is 5.55. The molecule has 2 aromatic carbocycles. The molecule has 1 atom stereocenters. The highest BCUT2D eigenvalue weighted by atomic mass is 79.9. The Labute approximate surface area is 123 Å². The van der Waals surface area contributed by atoms with Crippen LogP contribution in [0.2, 0.25) is 5.02 Å². The maximum atomic E-state index is 13.5. The smallest absolute Gasteiger partial charge is 0.129 e. The van der Waals surface area contributed by atoms with Gasteiger partial charge in [-0.05, 0) is 34.1 Å². The number of hydrogen-bond acceptors (Lipinski definition) is 1. The highest BCUT2D eigenvalue weighted by Crippen LogP contribution is 2.32. The lowest BCUT2D eigenvalue weighted by Crippen LogP contribution is -2.06. The van der Waals surface area contributed by atoms with Gasteiger partial charge in [0.1, 0.15) is 11.6 Å². The standard InChI is InChI=1S/C14H10BrClF2O/c15-10-4-1-3-8(14(10)16)13(19)7-9-11(17)5-2-6-12(9)18/h1-6,13,19H,7H2. The van der Waals surface area contributed by atoms with Crippen LogP contribution in [0.25, 0.3) is 0 Å². The first-order chi connectivity index (χ1) is 9.00. The van der Waals surface area contributed by atoms with E-state index in [2.05, 4.69) is 15.9 Å². The van der Waals surface area contributed by atoms with Crippen molar-refractivity contribution in [3.05, 3.63) is 68.7 Å². The van der Waals surface area contributed by atoms with Gasteiger partial charge in [0.15, 0.2) is 0 Å². The summed E-state index contributed by atoms with van der Waals surface area (Å²) in [4.78, 5) is 0. The summed E-state index contributed by atoms with van der Waals surface area (Å²) in [5, 5.41) is 10.4. The molecule has 0 fully saturated rings. The first kappa shape index (κ1) is 14.4. The minimum absolute atomic E-state index is 0.147. The maximum Gasteiger partial charge on any atom is 0.129 e. The van der Waals surface area contributed by atoms with Gasteiger partial charge in [0.05, 0.1) is 11.1 Å². The van der Waals surface area contributed by atoms with Crippen LogP contribution in [-0.2, 0) is 6.42 Å². The average Bonchev–Trinajstić information content (AvgIpc) is 2.37. The lowest BCUT2D eigenvalue weighted by Gasteiger charge is -2.14. The van der Waals surface area contributed by atoms with Gasteiger partial charge in [-0.25, -0.2) is 8.78 Å². The van der Waals surface area contributed by atoms with Crippen LogP contribution >= 0.6 is 27.5 Å². The van der Waals surface area contributed by atoms with E-state index in [0.717, 1.165) is 12.1 Å². The molecule has 0 radical (unpaired) electrons. The van der Waals surface area contributed by atoms with Gasteiger partial charge in [-0.3, -0.25) is 0 Å². The predicted molar refractivity (Wildman–Crippen MR) is 74.2 cm³/mol. The topological polar surface area (TPSA) is 20.2 Å². The lowest BCUT2D eigenvalue weighted by molar-refractivity contribution is 0.175. The summed E-state index contributed by atoms with van der Waals surface area (Å²) in [6.45, 7) is 0. The SMILES string of the molecule is OC(Cc1c(F)cccc1F)c1cccc(Br)c1Cl. The van der Waals surface area contributed by atoms with E-state index in [1.165, 1.54) is 6.07 Å². The second-order valence-corrected chi connectivity index (χ2v) is 5.30. The van der Waals surface area contributed by atoms with E-state index in [0.29, 0.717) is 15.1 Å². The lowest BCUT2D eigenvalue weighted by atomic mass is 10.0. The van der Waals surface area contributed by atoms with Gasteiger partial charge in [0.25, 0.3) is 0 Å². The normalized spacial score (nSPS) is 12.5. The Bertz CT molecular complexity index is 584. The molecule has 0 amide bonds.